The van der Waals surface area contributed by atoms with E-state index in [1.54, 1.807) is 11.3 Å². The lowest BCUT2D eigenvalue weighted by molar-refractivity contribution is -0.118. The van der Waals surface area contributed by atoms with Crippen LogP contribution < -0.4 is 10.1 Å². The van der Waals surface area contributed by atoms with Gasteiger partial charge in [0.2, 0.25) is 0 Å². The van der Waals surface area contributed by atoms with Gasteiger partial charge in [0, 0.05) is 9.13 Å². The lowest BCUT2D eigenvalue weighted by Gasteiger charge is -2.19. The van der Waals surface area contributed by atoms with Crippen LogP contribution in [-0.2, 0) is 10.2 Å². The summed E-state index contributed by atoms with van der Waals surface area (Å²) < 4.78 is 7.90. The lowest BCUT2D eigenvalue weighted by atomic mass is 9.87. The molecule has 0 unspecified atom stereocenters. The number of ether oxygens (including phenoxy) is 1. The first-order chi connectivity index (χ1) is 14.8. The zero-order chi connectivity index (χ0) is 22.0. The number of nitrogens with one attached hydrogen (secondary N) is 1. The number of thiazole rings is 1. The molecule has 0 fully saturated rings. The molecule has 4 rings (SSSR count). The summed E-state index contributed by atoms with van der Waals surface area (Å²) in [5.41, 5.74) is 3.91. The van der Waals surface area contributed by atoms with Crippen LogP contribution >= 0.6 is 33.9 Å². The number of aromatic nitrogens is 1. The minimum atomic E-state index is -0.205. The van der Waals surface area contributed by atoms with Crippen molar-refractivity contribution in [1.82, 2.24) is 4.98 Å². The maximum absolute atomic E-state index is 12.6. The second-order valence-electron chi connectivity index (χ2n) is 8.29. The number of hydrogen-bond acceptors (Lipinski definition) is 4. The maximum atomic E-state index is 12.6. The Morgan fingerprint density at radius 1 is 1.06 bits per heavy atom. The van der Waals surface area contributed by atoms with E-state index in [1.165, 1.54) is 5.56 Å². The van der Waals surface area contributed by atoms with Gasteiger partial charge in [-0.05, 0) is 76.0 Å². The normalized spacial score (nSPS) is 11.5. The topological polar surface area (TPSA) is 51.2 Å². The molecular weight excluding hydrogens is 519 g/mol. The molecule has 3 aromatic carbocycles. The van der Waals surface area contributed by atoms with Crippen molar-refractivity contribution in [1.29, 1.82) is 0 Å². The van der Waals surface area contributed by atoms with Gasteiger partial charge in [-0.25, -0.2) is 4.98 Å². The molecule has 1 aromatic heterocycles. The van der Waals surface area contributed by atoms with Gasteiger partial charge in [-0.3, -0.25) is 4.79 Å². The Morgan fingerprint density at radius 3 is 2.52 bits per heavy atom. The van der Waals surface area contributed by atoms with Gasteiger partial charge in [-0.15, -0.1) is 11.3 Å². The summed E-state index contributed by atoms with van der Waals surface area (Å²) in [7, 11) is 0. The van der Waals surface area contributed by atoms with Crippen molar-refractivity contribution in [2.75, 3.05) is 11.9 Å². The third-order valence-corrected chi connectivity index (χ3v) is 6.61. The number of anilines is 1. The number of carbonyl (C=O) groups excluding carboxylic acids is 1. The van der Waals surface area contributed by atoms with Crippen LogP contribution in [0.5, 0.6) is 5.75 Å². The van der Waals surface area contributed by atoms with Crippen molar-refractivity contribution in [3.63, 3.8) is 0 Å². The molecule has 1 amide bonds. The highest BCUT2D eigenvalue weighted by atomic mass is 127. The fraction of sp³-hybridized carbons (Fsp3) is 0.200. The van der Waals surface area contributed by atoms with Crippen LogP contribution in [0.1, 0.15) is 26.3 Å². The quantitative estimate of drug-likeness (QED) is 0.280. The molecule has 6 heteroatoms. The average Bonchev–Trinajstić information content (AvgIpc) is 3.17. The van der Waals surface area contributed by atoms with Gasteiger partial charge in [0.15, 0.2) is 6.61 Å². The van der Waals surface area contributed by atoms with Gasteiger partial charge in [-0.1, -0.05) is 45.0 Å². The lowest BCUT2D eigenvalue weighted by Crippen LogP contribution is -2.20. The van der Waals surface area contributed by atoms with E-state index in [-0.39, 0.29) is 17.9 Å². The molecule has 4 aromatic rings. The van der Waals surface area contributed by atoms with E-state index in [4.69, 9.17) is 9.72 Å². The Kier molecular flexibility index (Phi) is 6.29. The van der Waals surface area contributed by atoms with Crippen molar-refractivity contribution in [2.45, 2.75) is 26.2 Å². The summed E-state index contributed by atoms with van der Waals surface area (Å²) >= 11 is 3.89. The molecule has 31 heavy (non-hydrogen) atoms. The Labute approximate surface area is 199 Å². The molecule has 0 aliphatic carbocycles. The number of halogens is 1. The van der Waals surface area contributed by atoms with E-state index in [2.05, 4.69) is 54.7 Å². The summed E-state index contributed by atoms with van der Waals surface area (Å²) in [5, 5.41) is 3.87. The molecule has 1 N–H and O–H groups in total. The summed E-state index contributed by atoms with van der Waals surface area (Å²) in [5.74, 6) is 0.473. The van der Waals surface area contributed by atoms with E-state index in [0.717, 1.165) is 30.0 Å². The van der Waals surface area contributed by atoms with Crippen LogP contribution in [0.3, 0.4) is 0 Å². The number of amides is 1. The van der Waals surface area contributed by atoms with Crippen molar-refractivity contribution in [3.05, 3.63) is 75.9 Å². The minimum absolute atomic E-state index is 0.0554. The second-order valence-corrected chi connectivity index (χ2v) is 10.6. The third kappa shape index (κ3) is 5.25. The maximum Gasteiger partial charge on any atom is 0.262 e. The van der Waals surface area contributed by atoms with Gasteiger partial charge in [0.25, 0.3) is 5.91 Å². The van der Waals surface area contributed by atoms with Gasteiger partial charge in [-0.2, -0.15) is 0 Å². The molecule has 0 spiro atoms. The van der Waals surface area contributed by atoms with Crippen molar-refractivity contribution < 1.29 is 9.53 Å². The van der Waals surface area contributed by atoms with E-state index < -0.39 is 0 Å². The first kappa shape index (κ1) is 21.8. The van der Waals surface area contributed by atoms with Crippen LogP contribution in [0.15, 0.2) is 66.7 Å². The average molecular weight is 542 g/mol. The molecule has 0 radical (unpaired) electrons. The smallest absolute Gasteiger partial charge is 0.262 e. The number of rotatable bonds is 5. The zero-order valence-corrected chi connectivity index (χ0v) is 20.6. The number of carbonyl (C=O) groups is 1. The van der Waals surface area contributed by atoms with Crippen LogP contribution in [-0.4, -0.2) is 17.5 Å². The van der Waals surface area contributed by atoms with E-state index >= 15 is 0 Å². The minimum Gasteiger partial charge on any atom is -0.484 e. The molecule has 158 valence electrons. The molecule has 0 saturated carbocycles. The summed E-state index contributed by atoms with van der Waals surface area (Å²) in [6.45, 7) is 6.45. The van der Waals surface area contributed by atoms with Gasteiger partial charge < -0.3 is 10.1 Å². The molecule has 0 aliphatic rings. The first-order valence-electron chi connectivity index (χ1n) is 9.98. The monoisotopic (exact) mass is 542 g/mol. The number of benzene rings is 3. The van der Waals surface area contributed by atoms with E-state index in [1.807, 2.05) is 60.7 Å². The number of hydrogen-bond donors (Lipinski definition) is 1. The fourth-order valence-corrected chi connectivity index (χ4v) is 4.66. The van der Waals surface area contributed by atoms with Crippen LogP contribution in [0.25, 0.3) is 20.8 Å². The summed E-state index contributed by atoms with van der Waals surface area (Å²) in [6, 6.07) is 21.9. The molecule has 4 nitrogen and oxygen atoms in total. The van der Waals surface area contributed by atoms with Crippen molar-refractivity contribution in [3.8, 4) is 16.3 Å². The van der Waals surface area contributed by atoms with Gasteiger partial charge >= 0.3 is 0 Å². The highest BCUT2D eigenvalue weighted by Gasteiger charge is 2.15. The molecule has 0 bridgehead atoms. The van der Waals surface area contributed by atoms with Gasteiger partial charge in [0.1, 0.15) is 10.8 Å². The standard InChI is InChI=1S/C25H23IN2O2S/c1-25(2,3)16-8-11-18(12-9-16)30-15-23(29)27-20-13-10-17(26)14-19(20)24-28-21-6-4-5-7-22(21)31-24/h4-14H,15H2,1-3H3,(H,27,29). The summed E-state index contributed by atoms with van der Waals surface area (Å²) in [4.78, 5) is 17.3. The Balaban J connectivity index is 1.48. The van der Waals surface area contributed by atoms with Crippen LogP contribution in [0.4, 0.5) is 5.69 Å². The van der Waals surface area contributed by atoms with Crippen molar-refractivity contribution >= 4 is 55.7 Å². The molecule has 1 heterocycles. The fourth-order valence-electron chi connectivity index (χ4n) is 3.18. The van der Waals surface area contributed by atoms with E-state index in [0.29, 0.717) is 5.75 Å². The van der Waals surface area contributed by atoms with Gasteiger partial charge in [0.05, 0.1) is 15.9 Å². The number of para-hydroxylation sites is 1. The molecule has 0 saturated heterocycles. The van der Waals surface area contributed by atoms with Crippen molar-refractivity contribution in [2.24, 2.45) is 0 Å². The first-order valence-corrected chi connectivity index (χ1v) is 11.9. The Bertz CT molecular complexity index is 1190. The highest BCUT2D eigenvalue weighted by molar-refractivity contribution is 14.1. The largest absolute Gasteiger partial charge is 0.484 e. The predicted molar refractivity (Wildman–Crippen MR) is 137 cm³/mol. The summed E-state index contributed by atoms with van der Waals surface area (Å²) in [6.07, 6.45) is 0. The SMILES string of the molecule is CC(C)(C)c1ccc(OCC(=O)Nc2ccc(I)cc2-c2nc3ccccc3s2)cc1. The van der Waals surface area contributed by atoms with Crippen LogP contribution in [0, 0.1) is 3.57 Å². The molecule has 0 aliphatic heterocycles. The molecule has 0 atom stereocenters. The Morgan fingerprint density at radius 2 is 1.81 bits per heavy atom. The second kappa shape index (κ2) is 8.96. The predicted octanol–water partition coefficient (Wildman–Crippen LogP) is 6.88. The van der Waals surface area contributed by atoms with Crippen LogP contribution in [0.2, 0.25) is 0 Å². The number of fused-ring (bicyclic) bond motifs is 1. The Hall–Kier alpha value is -2.45. The van der Waals surface area contributed by atoms with E-state index in [9.17, 15) is 4.79 Å². The molecular formula is C25H23IN2O2S. The number of nitrogens with zero attached hydrogens (tertiary/aromatic N) is 1. The highest BCUT2D eigenvalue weighted by Crippen LogP contribution is 2.35. The third-order valence-electron chi connectivity index (χ3n) is 4.87. The zero-order valence-electron chi connectivity index (χ0n) is 17.6.